The molecule has 2 N–H and O–H groups in total. The van der Waals surface area contributed by atoms with Crippen LogP contribution in [0.15, 0.2) is 28.6 Å². The van der Waals surface area contributed by atoms with Gasteiger partial charge in [0.2, 0.25) is 0 Å². The van der Waals surface area contributed by atoms with Gasteiger partial charge in [0.1, 0.15) is 10.8 Å². The maximum absolute atomic E-state index is 5.69. The van der Waals surface area contributed by atoms with Crippen LogP contribution in [0.5, 0.6) is 5.75 Å². The highest BCUT2D eigenvalue weighted by molar-refractivity contribution is 8.01. The average Bonchev–Trinajstić information content (AvgIpc) is 2.87. The third kappa shape index (κ3) is 4.85. The van der Waals surface area contributed by atoms with Crippen LogP contribution in [-0.2, 0) is 0 Å². The van der Waals surface area contributed by atoms with Crippen LogP contribution in [0.25, 0.3) is 0 Å². The van der Waals surface area contributed by atoms with E-state index in [9.17, 15) is 0 Å². The molecule has 0 spiro atoms. The molecule has 1 aromatic carbocycles. The lowest BCUT2D eigenvalue weighted by atomic mass is 10.2. The van der Waals surface area contributed by atoms with Gasteiger partial charge in [0.05, 0.1) is 13.2 Å². The van der Waals surface area contributed by atoms with Gasteiger partial charge in [0.15, 0.2) is 4.34 Å². The van der Waals surface area contributed by atoms with E-state index in [4.69, 9.17) is 10.5 Å². The summed E-state index contributed by atoms with van der Waals surface area (Å²) >= 11 is 3.25. The quantitative estimate of drug-likeness (QED) is 0.522. The Balaban J connectivity index is 1.79. The average molecular weight is 305 g/mol. The first-order valence-electron chi connectivity index (χ1n) is 6.12. The van der Waals surface area contributed by atoms with Crippen molar-refractivity contribution in [1.82, 2.24) is 10.2 Å². The van der Waals surface area contributed by atoms with Crippen LogP contribution in [0.2, 0.25) is 0 Å². The van der Waals surface area contributed by atoms with Crippen molar-refractivity contribution in [2.45, 2.75) is 11.3 Å². The molecule has 0 saturated heterocycles. The highest BCUT2D eigenvalue weighted by atomic mass is 32.2. The molecule has 0 amide bonds. The number of nitrogens with two attached hydrogens (primary N) is 1. The molecule has 1 heterocycles. The predicted molar refractivity (Wildman–Crippen MR) is 83.2 cm³/mol. The van der Waals surface area contributed by atoms with Crippen LogP contribution in [0, 0.1) is 18.8 Å². The summed E-state index contributed by atoms with van der Waals surface area (Å²) in [7, 11) is 0. The summed E-state index contributed by atoms with van der Waals surface area (Å²) in [4.78, 5) is 0. The van der Waals surface area contributed by atoms with Gasteiger partial charge in [-0.3, -0.25) is 0 Å². The largest absolute Gasteiger partial charge is 0.493 e. The van der Waals surface area contributed by atoms with Crippen molar-refractivity contribution in [3.63, 3.8) is 0 Å². The maximum Gasteiger partial charge on any atom is 0.174 e. The van der Waals surface area contributed by atoms with Gasteiger partial charge in [-0.15, -0.1) is 10.2 Å². The molecule has 20 heavy (non-hydrogen) atoms. The van der Waals surface area contributed by atoms with E-state index in [0.717, 1.165) is 26.4 Å². The van der Waals surface area contributed by atoms with E-state index in [1.165, 1.54) is 0 Å². The van der Waals surface area contributed by atoms with Crippen molar-refractivity contribution in [1.29, 1.82) is 0 Å². The van der Waals surface area contributed by atoms with Gasteiger partial charge < -0.3 is 10.5 Å². The third-order valence-electron chi connectivity index (χ3n) is 2.25. The lowest BCUT2D eigenvalue weighted by Crippen LogP contribution is -2.00. The van der Waals surface area contributed by atoms with Crippen molar-refractivity contribution < 1.29 is 4.74 Å². The van der Waals surface area contributed by atoms with Crippen molar-refractivity contribution in [2.75, 3.05) is 18.9 Å². The Labute approximate surface area is 126 Å². The first kappa shape index (κ1) is 14.9. The molecule has 0 unspecified atom stereocenters. The summed E-state index contributed by atoms with van der Waals surface area (Å²) in [5.41, 5.74) is 6.27. The molecule has 0 aliphatic rings. The SMILES string of the molecule is Cc1nnc(SCCOc2cccc(C#CCN)c2)s1. The van der Waals surface area contributed by atoms with Gasteiger partial charge in [-0.1, -0.05) is 41.0 Å². The zero-order valence-electron chi connectivity index (χ0n) is 11.1. The number of thioether (sulfide) groups is 1. The molecule has 0 radical (unpaired) electrons. The molecule has 1 aromatic heterocycles. The van der Waals surface area contributed by atoms with Crippen LogP contribution in [0.3, 0.4) is 0 Å². The Morgan fingerprint density at radius 2 is 2.30 bits per heavy atom. The second-order valence-corrected chi connectivity index (χ2v) is 6.34. The molecule has 104 valence electrons. The Hall–Kier alpha value is -1.55. The van der Waals surface area contributed by atoms with E-state index >= 15 is 0 Å². The van der Waals surface area contributed by atoms with E-state index in [1.54, 1.807) is 23.1 Å². The Bertz CT molecular complexity index is 616. The Morgan fingerprint density at radius 1 is 1.40 bits per heavy atom. The number of rotatable bonds is 5. The fourth-order valence-electron chi connectivity index (χ4n) is 1.44. The highest BCUT2D eigenvalue weighted by Crippen LogP contribution is 2.21. The second kappa shape index (κ2) is 7.90. The summed E-state index contributed by atoms with van der Waals surface area (Å²) in [5, 5.41) is 9.01. The van der Waals surface area contributed by atoms with E-state index in [-0.39, 0.29) is 0 Å². The number of benzene rings is 1. The second-order valence-electron chi connectivity index (χ2n) is 3.82. The van der Waals surface area contributed by atoms with Crippen LogP contribution in [-0.4, -0.2) is 29.1 Å². The molecular formula is C14H15N3OS2. The molecule has 0 aliphatic heterocycles. The monoisotopic (exact) mass is 305 g/mol. The number of hydrogen-bond donors (Lipinski definition) is 1. The normalized spacial score (nSPS) is 9.90. The van der Waals surface area contributed by atoms with Crippen molar-refractivity contribution in [3.8, 4) is 17.6 Å². The zero-order valence-corrected chi connectivity index (χ0v) is 12.8. The maximum atomic E-state index is 5.69. The standard InChI is InChI=1S/C14H15N3OS2/c1-11-16-17-14(20-11)19-9-8-18-13-6-2-4-12(10-13)5-3-7-15/h2,4,6,10H,7-9,15H2,1H3. The summed E-state index contributed by atoms with van der Waals surface area (Å²) in [5.74, 6) is 7.48. The first-order valence-corrected chi connectivity index (χ1v) is 7.93. The minimum Gasteiger partial charge on any atom is -0.493 e. The van der Waals surface area contributed by atoms with Crippen molar-refractivity contribution in [3.05, 3.63) is 34.8 Å². The smallest absolute Gasteiger partial charge is 0.174 e. The van der Waals surface area contributed by atoms with E-state index in [0.29, 0.717) is 13.2 Å². The summed E-state index contributed by atoms with van der Waals surface area (Å²) < 4.78 is 6.67. The minimum atomic E-state index is 0.364. The number of aryl methyl sites for hydroxylation is 1. The van der Waals surface area contributed by atoms with Crippen LogP contribution in [0.4, 0.5) is 0 Å². The van der Waals surface area contributed by atoms with Gasteiger partial charge in [-0.05, 0) is 25.1 Å². The summed E-state index contributed by atoms with van der Waals surface area (Å²) in [6.07, 6.45) is 0. The Kier molecular flexibility index (Phi) is 5.87. The Morgan fingerprint density at radius 3 is 3.05 bits per heavy atom. The molecular weight excluding hydrogens is 290 g/mol. The van der Waals surface area contributed by atoms with Crippen LogP contribution in [0.1, 0.15) is 10.6 Å². The lowest BCUT2D eigenvalue weighted by molar-refractivity contribution is 0.344. The first-order chi connectivity index (χ1) is 9.78. The minimum absolute atomic E-state index is 0.364. The number of aromatic nitrogens is 2. The van der Waals surface area contributed by atoms with Gasteiger partial charge in [-0.25, -0.2) is 0 Å². The number of ether oxygens (including phenoxy) is 1. The molecule has 0 atom stereocenters. The van der Waals surface area contributed by atoms with Gasteiger partial charge >= 0.3 is 0 Å². The number of hydrogen-bond acceptors (Lipinski definition) is 6. The van der Waals surface area contributed by atoms with E-state index in [1.807, 2.05) is 31.2 Å². The summed E-state index contributed by atoms with van der Waals surface area (Å²) in [6, 6.07) is 7.71. The lowest BCUT2D eigenvalue weighted by Gasteiger charge is -2.05. The van der Waals surface area contributed by atoms with Gasteiger partial charge in [0, 0.05) is 11.3 Å². The van der Waals surface area contributed by atoms with Gasteiger partial charge in [0.25, 0.3) is 0 Å². The molecule has 0 saturated carbocycles. The zero-order chi connectivity index (χ0) is 14.2. The van der Waals surface area contributed by atoms with Gasteiger partial charge in [-0.2, -0.15) is 0 Å². The fraction of sp³-hybridized carbons (Fsp3) is 0.286. The van der Waals surface area contributed by atoms with E-state index in [2.05, 4.69) is 22.0 Å². The van der Waals surface area contributed by atoms with E-state index < -0.39 is 0 Å². The molecule has 0 aliphatic carbocycles. The molecule has 0 bridgehead atoms. The van der Waals surface area contributed by atoms with Crippen LogP contribution < -0.4 is 10.5 Å². The molecule has 4 nitrogen and oxygen atoms in total. The third-order valence-corrected chi connectivity index (χ3v) is 4.19. The number of nitrogens with zero attached hydrogens (tertiary/aromatic N) is 2. The highest BCUT2D eigenvalue weighted by Gasteiger charge is 2.01. The molecule has 2 aromatic rings. The molecule has 6 heteroatoms. The molecule has 0 fully saturated rings. The summed E-state index contributed by atoms with van der Waals surface area (Å²) in [6.45, 7) is 2.94. The van der Waals surface area contributed by atoms with Crippen molar-refractivity contribution in [2.24, 2.45) is 5.73 Å². The fourth-order valence-corrected chi connectivity index (χ4v) is 3.15. The topological polar surface area (TPSA) is 61.0 Å². The van der Waals surface area contributed by atoms with Crippen molar-refractivity contribution >= 4 is 23.1 Å². The molecule has 2 rings (SSSR count). The van der Waals surface area contributed by atoms with Crippen LogP contribution >= 0.6 is 23.1 Å². The predicted octanol–water partition coefficient (Wildman–Crippen LogP) is 2.33.